The molecular formula is C15H22ClN3O2. The molecule has 0 radical (unpaired) electrons. The molecule has 21 heavy (non-hydrogen) atoms. The Morgan fingerprint density at radius 3 is 2.95 bits per heavy atom. The third-order valence-electron chi connectivity index (χ3n) is 3.55. The van der Waals surface area contributed by atoms with Gasteiger partial charge in [-0.15, -0.1) is 0 Å². The van der Waals surface area contributed by atoms with Crippen LogP contribution in [0.2, 0.25) is 5.02 Å². The van der Waals surface area contributed by atoms with Gasteiger partial charge in [-0.05, 0) is 38.1 Å². The van der Waals surface area contributed by atoms with E-state index in [0.717, 1.165) is 16.9 Å². The summed E-state index contributed by atoms with van der Waals surface area (Å²) in [6, 6.07) is 5.79. The molecule has 116 valence electrons. The number of nitrogens with zero attached hydrogens (tertiary/aromatic N) is 2. The van der Waals surface area contributed by atoms with Gasteiger partial charge in [0.05, 0.1) is 29.8 Å². The second-order valence-electron chi connectivity index (χ2n) is 5.24. The summed E-state index contributed by atoms with van der Waals surface area (Å²) in [4.78, 5) is 4.64. The molecule has 1 aromatic carbocycles. The number of nitrogens with one attached hydrogen (secondary N) is 1. The van der Waals surface area contributed by atoms with Gasteiger partial charge in [-0.3, -0.25) is 0 Å². The maximum atomic E-state index is 9.63. The molecule has 5 nitrogen and oxygen atoms in total. The highest BCUT2D eigenvalue weighted by Gasteiger charge is 2.14. The van der Waals surface area contributed by atoms with Crippen LogP contribution in [0, 0.1) is 0 Å². The second kappa shape index (κ2) is 7.22. The highest BCUT2D eigenvalue weighted by molar-refractivity contribution is 6.31. The van der Waals surface area contributed by atoms with E-state index in [0.29, 0.717) is 24.6 Å². The first-order valence-corrected chi connectivity index (χ1v) is 7.43. The monoisotopic (exact) mass is 311 g/mol. The summed E-state index contributed by atoms with van der Waals surface area (Å²) < 4.78 is 6.96. The van der Waals surface area contributed by atoms with E-state index in [2.05, 4.69) is 17.2 Å². The molecule has 0 saturated carbocycles. The molecule has 0 aliphatic carbocycles. The topological polar surface area (TPSA) is 59.3 Å². The Bertz CT molecular complexity index is 600. The van der Waals surface area contributed by atoms with E-state index in [9.17, 15) is 5.11 Å². The number of ether oxygens (including phenoxy) is 1. The molecule has 1 aromatic heterocycles. The number of benzene rings is 1. The van der Waals surface area contributed by atoms with Crippen LogP contribution in [0.4, 0.5) is 0 Å². The fourth-order valence-electron chi connectivity index (χ4n) is 2.40. The Balaban J connectivity index is 2.02. The standard InChI is InChI=1S/C15H22ClN3O2/c1-10(17-7-6-12(20)9-21-3)15-18-13-5-4-11(16)8-14(13)19(15)2/h4-5,8,10,12,17,20H,6-7,9H2,1-3H3. The number of aromatic nitrogens is 2. The van der Waals surface area contributed by atoms with Crippen molar-refractivity contribution in [2.45, 2.75) is 25.5 Å². The first-order chi connectivity index (χ1) is 10.0. The van der Waals surface area contributed by atoms with Gasteiger partial charge in [0.25, 0.3) is 0 Å². The summed E-state index contributed by atoms with van der Waals surface area (Å²) in [7, 11) is 3.57. The van der Waals surface area contributed by atoms with E-state index in [4.69, 9.17) is 16.3 Å². The van der Waals surface area contributed by atoms with E-state index in [1.165, 1.54) is 0 Å². The van der Waals surface area contributed by atoms with Crippen molar-refractivity contribution in [1.29, 1.82) is 0 Å². The van der Waals surface area contributed by atoms with Gasteiger partial charge in [0.1, 0.15) is 5.82 Å². The minimum absolute atomic E-state index is 0.0934. The maximum Gasteiger partial charge on any atom is 0.126 e. The molecule has 0 aliphatic heterocycles. The van der Waals surface area contributed by atoms with Crippen molar-refractivity contribution >= 4 is 22.6 Å². The summed E-state index contributed by atoms with van der Waals surface area (Å²) in [5, 5.41) is 13.7. The number of aryl methyl sites for hydroxylation is 1. The molecule has 0 aliphatic rings. The van der Waals surface area contributed by atoms with Crippen molar-refractivity contribution in [3.05, 3.63) is 29.0 Å². The minimum Gasteiger partial charge on any atom is -0.391 e. The molecule has 0 spiro atoms. The average Bonchev–Trinajstić information content (AvgIpc) is 2.76. The molecule has 2 rings (SSSR count). The normalized spacial score (nSPS) is 14.5. The van der Waals surface area contributed by atoms with E-state index >= 15 is 0 Å². The Morgan fingerprint density at radius 2 is 2.24 bits per heavy atom. The summed E-state index contributed by atoms with van der Waals surface area (Å²) in [6.07, 6.45) is 0.211. The van der Waals surface area contributed by atoms with Crippen LogP contribution in [-0.4, -0.2) is 41.0 Å². The number of aliphatic hydroxyl groups is 1. The fraction of sp³-hybridized carbons (Fsp3) is 0.533. The lowest BCUT2D eigenvalue weighted by atomic mass is 10.2. The number of hydrogen-bond acceptors (Lipinski definition) is 4. The zero-order valence-electron chi connectivity index (χ0n) is 12.6. The number of rotatable bonds is 7. The highest BCUT2D eigenvalue weighted by Crippen LogP contribution is 2.22. The van der Waals surface area contributed by atoms with E-state index in [-0.39, 0.29) is 6.04 Å². The summed E-state index contributed by atoms with van der Waals surface area (Å²) in [6.45, 7) is 3.13. The number of methoxy groups -OCH3 is 1. The second-order valence-corrected chi connectivity index (χ2v) is 5.67. The molecule has 0 bridgehead atoms. The first kappa shape index (κ1) is 16.2. The van der Waals surface area contributed by atoms with Gasteiger partial charge >= 0.3 is 0 Å². The average molecular weight is 312 g/mol. The predicted molar refractivity (Wildman–Crippen MR) is 84.6 cm³/mol. The third-order valence-corrected chi connectivity index (χ3v) is 3.79. The third kappa shape index (κ3) is 3.95. The minimum atomic E-state index is -0.436. The summed E-state index contributed by atoms with van der Waals surface area (Å²) in [5.74, 6) is 0.952. The maximum absolute atomic E-state index is 9.63. The Labute approximate surface area is 129 Å². The van der Waals surface area contributed by atoms with Gasteiger partial charge in [-0.25, -0.2) is 4.98 Å². The number of aliphatic hydroxyl groups excluding tert-OH is 1. The number of imidazole rings is 1. The van der Waals surface area contributed by atoms with Crippen LogP contribution in [0.15, 0.2) is 18.2 Å². The zero-order valence-corrected chi connectivity index (χ0v) is 13.4. The van der Waals surface area contributed by atoms with Gasteiger partial charge < -0.3 is 19.7 Å². The quantitative estimate of drug-likeness (QED) is 0.823. The molecule has 2 N–H and O–H groups in total. The van der Waals surface area contributed by atoms with Crippen molar-refractivity contribution in [3.8, 4) is 0 Å². The predicted octanol–water partition coefficient (Wildman–Crippen LogP) is 2.27. The van der Waals surface area contributed by atoms with E-state index < -0.39 is 6.10 Å². The molecule has 6 heteroatoms. The van der Waals surface area contributed by atoms with Crippen molar-refractivity contribution in [3.63, 3.8) is 0 Å². The Kier molecular flexibility index (Phi) is 5.58. The van der Waals surface area contributed by atoms with Gasteiger partial charge in [-0.1, -0.05) is 11.6 Å². The van der Waals surface area contributed by atoms with Crippen molar-refractivity contribution in [1.82, 2.24) is 14.9 Å². The number of fused-ring (bicyclic) bond motifs is 1. The lowest BCUT2D eigenvalue weighted by molar-refractivity contribution is 0.0590. The van der Waals surface area contributed by atoms with Crippen molar-refractivity contribution in [2.24, 2.45) is 7.05 Å². The smallest absolute Gasteiger partial charge is 0.126 e. The Morgan fingerprint density at radius 1 is 1.48 bits per heavy atom. The summed E-state index contributed by atoms with van der Waals surface area (Å²) >= 11 is 6.03. The number of halogens is 1. The molecule has 0 fully saturated rings. The van der Waals surface area contributed by atoms with Gasteiger partial charge in [0.15, 0.2) is 0 Å². The van der Waals surface area contributed by atoms with Crippen LogP contribution >= 0.6 is 11.6 Å². The van der Waals surface area contributed by atoms with Crippen molar-refractivity contribution < 1.29 is 9.84 Å². The van der Waals surface area contributed by atoms with Gasteiger partial charge in [0.2, 0.25) is 0 Å². The van der Waals surface area contributed by atoms with Crippen LogP contribution in [0.25, 0.3) is 11.0 Å². The molecule has 2 unspecified atom stereocenters. The molecule has 0 amide bonds. The van der Waals surface area contributed by atoms with Crippen LogP contribution in [0.1, 0.15) is 25.2 Å². The van der Waals surface area contributed by atoms with Crippen molar-refractivity contribution in [2.75, 3.05) is 20.3 Å². The fourth-order valence-corrected chi connectivity index (χ4v) is 2.57. The molecule has 2 aromatic rings. The number of hydrogen-bond donors (Lipinski definition) is 2. The molecule has 2 atom stereocenters. The lowest BCUT2D eigenvalue weighted by Gasteiger charge is -2.15. The van der Waals surface area contributed by atoms with E-state index in [1.54, 1.807) is 7.11 Å². The molecular weight excluding hydrogens is 290 g/mol. The van der Waals surface area contributed by atoms with E-state index in [1.807, 2.05) is 29.8 Å². The van der Waals surface area contributed by atoms with Crippen LogP contribution in [0.3, 0.4) is 0 Å². The van der Waals surface area contributed by atoms with Gasteiger partial charge in [0, 0.05) is 19.2 Å². The summed E-state index contributed by atoms with van der Waals surface area (Å²) in [5.41, 5.74) is 1.95. The van der Waals surface area contributed by atoms with Crippen LogP contribution < -0.4 is 5.32 Å². The zero-order chi connectivity index (χ0) is 15.4. The Hall–Kier alpha value is -1.14. The molecule has 0 saturated heterocycles. The van der Waals surface area contributed by atoms with Gasteiger partial charge in [-0.2, -0.15) is 0 Å². The molecule has 1 heterocycles. The highest BCUT2D eigenvalue weighted by atomic mass is 35.5. The SMILES string of the molecule is COCC(O)CCNC(C)c1nc2ccc(Cl)cc2n1C. The first-order valence-electron chi connectivity index (χ1n) is 7.05. The lowest BCUT2D eigenvalue weighted by Crippen LogP contribution is -2.26. The largest absolute Gasteiger partial charge is 0.391 e. The van der Waals surface area contributed by atoms with Crippen LogP contribution in [0.5, 0.6) is 0 Å². The van der Waals surface area contributed by atoms with Crippen LogP contribution in [-0.2, 0) is 11.8 Å².